The molecule has 15 heavy (non-hydrogen) atoms. The van der Waals surface area contributed by atoms with Gasteiger partial charge in [0.05, 0.1) is 0 Å². The first kappa shape index (κ1) is 11.7. The van der Waals surface area contributed by atoms with E-state index in [1.165, 1.54) is 11.1 Å². The molecule has 0 bridgehead atoms. The largest absolute Gasteiger partial charge is 0.480 e. The molecule has 3 nitrogen and oxygen atoms in total. The molecule has 1 aromatic rings. The normalized spacial score (nSPS) is 12.4. The Morgan fingerprint density at radius 2 is 2.00 bits per heavy atom. The summed E-state index contributed by atoms with van der Waals surface area (Å²) in [5.74, 6) is -0.787. The van der Waals surface area contributed by atoms with Crippen LogP contribution < -0.4 is 5.32 Å². The van der Waals surface area contributed by atoms with Crippen molar-refractivity contribution in [3.63, 3.8) is 0 Å². The summed E-state index contributed by atoms with van der Waals surface area (Å²) in [5.41, 5.74) is 2.41. The topological polar surface area (TPSA) is 49.3 Å². The first-order chi connectivity index (χ1) is 7.13. The third-order valence-electron chi connectivity index (χ3n) is 2.49. The average molecular weight is 207 g/mol. The second-order valence-electron chi connectivity index (χ2n) is 3.70. The number of carbonyl (C=O) groups is 1. The van der Waals surface area contributed by atoms with Gasteiger partial charge in [-0.1, -0.05) is 29.8 Å². The van der Waals surface area contributed by atoms with Crippen LogP contribution in [0, 0.1) is 6.92 Å². The molecule has 0 radical (unpaired) electrons. The zero-order chi connectivity index (χ0) is 11.3. The maximum Gasteiger partial charge on any atom is 0.320 e. The number of aryl methyl sites for hydroxylation is 2. The van der Waals surface area contributed by atoms with Gasteiger partial charge >= 0.3 is 5.97 Å². The van der Waals surface area contributed by atoms with Gasteiger partial charge in [-0.15, -0.1) is 0 Å². The molecule has 0 unspecified atom stereocenters. The van der Waals surface area contributed by atoms with Crippen LogP contribution in [0.1, 0.15) is 17.5 Å². The van der Waals surface area contributed by atoms with Crippen molar-refractivity contribution >= 4 is 5.97 Å². The summed E-state index contributed by atoms with van der Waals surface area (Å²) in [6, 6.07) is 7.73. The molecule has 0 aliphatic heterocycles. The fourth-order valence-electron chi connectivity index (χ4n) is 1.46. The second-order valence-corrected chi connectivity index (χ2v) is 3.70. The summed E-state index contributed by atoms with van der Waals surface area (Å²) >= 11 is 0. The van der Waals surface area contributed by atoms with Gasteiger partial charge in [0.15, 0.2) is 0 Å². The van der Waals surface area contributed by atoms with E-state index in [4.69, 9.17) is 5.11 Å². The molecule has 0 spiro atoms. The van der Waals surface area contributed by atoms with Gasteiger partial charge in [-0.2, -0.15) is 0 Å². The molecule has 0 aromatic heterocycles. The predicted molar refractivity (Wildman–Crippen MR) is 60.0 cm³/mol. The van der Waals surface area contributed by atoms with Gasteiger partial charge < -0.3 is 10.4 Å². The number of rotatable bonds is 5. The van der Waals surface area contributed by atoms with Crippen molar-refractivity contribution in [2.75, 3.05) is 7.05 Å². The van der Waals surface area contributed by atoms with Crippen LogP contribution in [0.15, 0.2) is 24.3 Å². The summed E-state index contributed by atoms with van der Waals surface area (Å²) in [4.78, 5) is 10.7. The first-order valence-electron chi connectivity index (χ1n) is 5.09. The van der Waals surface area contributed by atoms with Crippen LogP contribution in [0.2, 0.25) is 0 Å². The van der Waals surface area contributed by atoms with Crippen molar-refractivity contribution in [3.05, 3.63) is 35.4 Å². The molecule has 1 rings (SSSR count). The Bertz CT molecular complexity index is 319. The Balaban J connectivity index is 2.49. The Kier molecular flexibility index (Phi) is 4.31. The molecule has 0 aliphatic rings. The highest BCUT2D eigenvalue weighted by Crippen LogP contribution is 2.07. The summed E-state index contributed by atoms with van der Waals surface area (Å²) in [5, 5.41) is 11.6. The molecule has 1 atom stereocenters. The van der Waals surface area contributed by atoms with Gasteiger partial charge in [-0.05, 0) is 32.4 Å². The number of hydrogen-bond acceptors (Lipinski definition) is 2. The van der Waals surface area contributed by atoms with E-state index < -0.39 is 12.0 Å². The highest BCUT2D eigenvalue weighted by molar-refractivity contribution is 5.73. The molecular weight excluding hydrogens is 190 g/mol. The molecule has 0 saturated heterocycles. The highest BCUT2D eigenvalue weighted by atomic mass is 16.4. The van der Waals surface area contributed by atoms with Crippen molar-refractivity contribution in [3.8, 4) is 0 Å². The van der Waals surface area contributed by atoms with E-state index >= 15 is 0 Å². The van der Waals surface area contributed by atoms with E-state index in [2.05, 4.69) is 5.32 Å². The molecule has 3 heteroatoms. The first-order valence-corrected chi connectivity index (χ1v) is 5.09. The molecule has 1 aromatic carbocycles. The van der Waals surface area contributed by atoms with Crippen LogP contribution in [0.5, 0.6) is 0 Å². The Morgan fingerprint density at radius 3 is 2.47 bits per heavy atom. The van der Waals surface area contributed by atoms with Gasteiger partial charge in [-0.25, -0.2) is 0 Å². The molecular formula is C12H17NO2. The van der Waals surface area contributed by atoms with Gasteiger partial charge in [0.25, 0.3) is 0 Å². The van der Waals surface area contributed by atoms with E-state index in [1.807, 2.05) is 31.2 Å². The maximum atomic E-state index is 10.7. The fraction of sp³-hybridized carbons (Fsp3) is 0.417. The van der Waals surface area contributed by atoms with Crippen molar-refractivity contribution in [1.29, 1.82) is 0 Å². The number of likely N-dealkylation sites (N-methyl/N-ethyl adjacent to an activating group) is 1. The van der Waals surface area contributed by atoms with E-state index in [9.17, 15) is 4.79 Å². The summed E-state index contributed by atoms with van der Waals surface area (Å²) in [6.45, 7) is 2.04. The lowest BCUT2D eigenvalue weighted by atomic mass is 10.0. The SMILES string of the molecule is CN[C@@H](CCc1ccc(C)cc1)C(=O)O. The third-order valence-corrected chi connectivity index (χ3v) is 2.49. The van der Waals surface area contributed by atoms with E-state index in [0.29, 0.717) is 6.42 Å². The number of carboxylic acid groups (broad SMARTS) is 1. The predicted octanol–water partition coefficient (Wildman–Crippen LogP) is 1.60. The lowest BCUT2D eigenvalue weighted by Crippen LogP contribution is -2.34. The zero-order valence-electron chi connectivity index (χ0n) is 9.16. The summed E-state index contributed by atoms with van der Waals surface area (Å²) in [6.07, 6.45) is 1.41. The van der Waals surface area contributed by atoms with Gasteiger partial charge in [0, 0.05) is 0 Å². The summed E-state index contributed by atoms with van der Waals surface area (Å²) in [7, 11) is 1.67. The molecule has 2 N–H and O–H groups in total. The quantitative estimate of drug-likeness (QED) is 0.771. The molecule has 0 aliphatic carbocycles. The maximum absolute atomic E-state index is 10.7. The minimum atomic E-state index is -0.787. The van der Waals surface area contributed by atoms with E-state index in [1.54, 1.807) is 7.05 Å². The minimum Gasteiger partial charge on any atom is -0.480 e. The Labute approximate surface area is 90.1 Å². The average Bonchev–Trinajstić information content (AvgIpc) is 2.21. The molecule has 82 valence electrons. The molecule has 0 amide bonds. The Hall–Kier alpha value is -1.35. The van der Waals surface area contributed by atoms with E-state index in [-0.39, 0.29) is 0 Å². The van der Waals surface area contributed by atoms with Crippen LogP contribution in [-0.4, -0.2) is 24.2 Å². The van der Waals surface area contributed by atoms with Gasteiger partial charge in [0.2, 0.25) is 0 Å². The standard InChI is InChI=1S/C12H17NO2/c1-9-3-5-10(6-4-9)7-8-11(13-2)12(14)15/h3-6,11,13H,7-8H2,1-2H3,(H,14,15)/t11-/m0/s1. The highest BCUT2D eigenvalue weighted by Gasteiger charge is 2.13. The third kappa shape index (κ3) is 3.72. The number of aliphatic carboxylic acids is 1. The molecule has 0 saturated carbocycles. The van der Waals surface area contributed by atoms with Crippen LogP contribution in [-0.2, 0) is 11.2 Å². The van der Waals surface area contributed by atoms with Crippen molar-refractivity contribution < 1.29 is 9.90 Å². The molecule has 0 heterocycles. The van der Waals surface area contributed by atoms with Crippen molar-refractivity contribution in [2.24, 2.45) is 0 Å². The monoisotopic (exact) mass is 207 g/mol. The van der Waals surface area contributed by atoms with Crippen molar-refractivity contribution in [1.82, 2.24) is 5.32 Å². The zero-order valence-corrected chi connectivity index (χ0v) is 9.16. The smallest absolute Gasteiger partial charge is 0.320 e. The minimum absolute atomic E-state index is 0.452. The fourth-order valence-corrected chi connectivity index (χ4v) is 1.46. The number of nitrogens with one attached hydrogen (secondary N) is 1. The number of hydrogen-bond donors (Lipinski definition) is 2. The summed E-state index contributed by atoms with van der Waals surface area (Å²) < 4.78 is 0. The molecule has 0 fully saturated rings. The van der Waals surface area contributed by atoms with Crippen LogP contribution >= 0.6 is 0 Å². The number of carboxylic acids is 1. The lowest BCUT2D eigenvalue weighted by molar-refractivity contribution is -0.139. The van der Waals surface area contributed by atoms with Gasteiger partial charge in [0.1, 0.15) is 6.04 Å². The number of benzene rings is 1. The van der Waals surface area contributed by atoms with E-state index in [0.717, 1.165) is 6.42 Å². The Morgan fingerprint density at radius 1 is 1.40 bits per heavy atom. The van der Waals surface area contributed by atoms with Crippen LogP contribution in [0.25, 0.3) is 0 Å². The van der Waals surface area contributed by atoms with Crippen molar-refractivity contribution in [2.45, 2.75) is 25.8 Å². The van der Waals surface area contributed by atoms with Crippen LogP contribution in [0.4, 0.5) is 0 Å². The second kappa shape index (κ2) is 5.51. The van der Waals surface area contributed by atoms with Gasteiger partial charge in [-0.3, -0.25) is 4.79 Å². The lowest BCUT2D eigenvalue weighted by Gasteiger charge is -2.10. The van der Waals surface area contributed by atoms with Crippen LogP contribution in [0.3, 0.4) is 0 Å².